The van der Waals surface area contributed by atoms with Gasteiger partial charge in [0.2, 0.25) is 0 Å². The fourth-order valence-corrected chi connectivity index (χ4v) is 2.94. The molecule has 0 bridgehead atoms. The number of nitriles is 1. The maximum absolute atomic E-state index is 12.5. The summed E-state index contributed by atoms with van der Waals surface area (Å²) in [5, 5.41) is 9.34. The lowest BCUT2D eigenvalue weighted by molar-refractivity contribution is -0.128. The Morgan fingerprint density at radius 2 is 1.75 bits per heavy atom. The lowest BCUT2D eigenvalue weighted by atomic mass is 9.99. The van der Waals surface area contributed by atoms with E-state index in [9.17, 15) is 14.9 Å². The van der Waals surface area contributed by atoms with Crippen LogP contribution >= 0.6 is 0 Å². The second-order valence-electron chi connectivity index (χ2n) is 6.35. The molecule has 2 saturated heterocycles. The Hall–Kier alpha value is -2.23. The molecular weight excluding hydrogens is 308 g/mol. The Morgan fingerprint density at radius 3 is 2.29 bits per heavy atom. The van der Waals surface area contributed by atoms with Gasteiger partial charge >= 0.3 is 6.09 Å². The van der Waals surface area contributed by atoms with Gasteiger partial charge < -0.3 is 19.4 Å². The van der Waals surface area contributed by atoms with Crippen LogP contribution in [0.3, 0.4) is 0 Å². The zero-order chi connectivity index (χ0) is 17.5. The van der Waals surface area contributed by atoms with Crippen molar-refractivity contribution < 1.29 is 14.3 Å². The number of nitrogens with zero attached hydrogens (tertiary/aromatic N) is 4. The number of ether oxygens (including phenoxy) is 1. The number of hydrogen-bond donors (Lipinski definition) is 0. The third-order valence-electron chi connectivity index (χ3n) is 4.57. The minimum Gasteiger partial charge on any atom is -0.450 e. The van der Waals surface area contributed by atoms with E-state index in [-0.39, 0.29) is 17.6 Å². The molecule has 2 heterocycles. The summed E-state index contributed by atoms with van der Waals surface area (Å²) in [6, 6.07) is 2.03. The summed E-state index contributed by atoms with van der Waals surface area (Å²) in [4.78, 5) is 29.5. The molecule has 132 valence electrons. The van der Waals surface area contributed by atoms with Crippen LogP contribution in [0.15, 0.2) is 11.8 Å². The van der Waals surface area contributed by atoms with Crippen LogP contribution in [0.5, 0.6) is 0 Å². The van der Waals surface area contributed by atoms with E-state index in [0.717, 1.165) is 25.9 Å². The lowest BCUT2D eigenvalue weighted by Crippen LogP contribution is -2.47. The van der Waals surface area contributed by atoms with E-state index in [2.05, 4.69) is 6.92 Å². The normalized spacial score (nSPS) is 19.9. The van der Waals surface area contributed by atoms with Crippen molar-refractivity contribution in [2.24, 2.45) is 5.92 Å². The first-order chi connectivity index (χ1) is 11.5. The Kier molecular flexibility index (Phi) is 6.47. The fraction of sp³-hybridized carbons (Fsp3) is 0.706. The second kappa shape index (κ2) is 8.57. The van der Waals surface area contributed by atoms with Gasteiger partial charge in [0.15, 0.2) is 0 Å². The topological polar surface area (TPSA) is 76.9 Å². The Bertz CT molecular complexity index is 524. The summed E-state index contributed by atoms with van der Waals surface area (Å²) >= 11 is 0. The second-order valence-corrected chi connectivity index (χ2v) is 6.35. The average Bonchev–Trinajstić information content (AvgIpc) is 2.60. The van der Waals surface area contributed by atoms with Gasteiger partial charge in [-0.3, -0.25) is 4.79 Å². The van der Waals surface area contributed by atoms with E-state index >= 15 is 0 Å². The SMILES string of the molecule is CCOC(=O)N1CCN(/C=C(/C#N)C(=O)N2CCC(C)CC2)CC1. The number of carbonyl (C=O) groups excluding carboxylic acids is 2. The number of piperazine rings is 1. The highest BCUT2D eigenvalue weighted by atomic mass is 16.6. The minimum atomic E-state index is -0.305. The van der Waals surface area contributed by atoms with Crippen LogP contribution in [0, 0.1) is 17.2 Å². The predicted octanol–water partition coefficient (Wildman–Crippen LogP) is 1.43. The van der Waals surface area contributed by atoms with Gasteiger partial charge in [0, 0.05) is 45.5 Å². The van der Waals surface area contributed by atoms with Crippen LogP contribution in [0.4, 0.5) is 4.79 Å². The first-order valence-corrected chi connectivity index (χ1v) is 8.62. The lowest BCUT2D eigenvalue weighted by Gasteiger charge is -2.34. The van der Waals surface area contributed by atoms with Gasteiger partial charge in [-0.05, 0) is 25.7 Å². The number of piperidine rings is 1. The molecule has 0 saturated carbocycles. The van der Waals surface area contributed by atoms with E-state index in [1.165, 1.54) is 0 Å². The highest BCUT2D eigenvalue weighted by molar-refractivity contribution is 5.97. The molecule has 2 fully saturated rings. The summed E-state index contributed by atoms with van der Waals surface area (Å²) in [7, 11) is 0. The molecule has 24 heavy (non-hydrogen) atoms. The Labute approximate surface area is 143 Å². The molecule has 0 aromatic heterocycles. The van der Waals surface area contributed by atoms with Crippen molar-refractivity contribution in [2.75, 3.05) is 45.9 Å². The summed E-state index contributed by atoms with van der Waals surface area (Å²) < 4.78 is 4.98. The highest BCUT2D eigenvalue weighted by Gasteiger charge is 2.25. The monoisotopic (exact) mass is 334 g/mol. The molecule has 0 aromatic carbocycles. The number of rotatable bonds is 3. The third-order valence-corrected chi connectivity index (χ3v) is 4.57. The van der Waals surface area contributed by atoms with E-state index in [1.54, 1.807) is 22.9 Å². The minimum absolute atomic E-state index is 0.175. The van der Waals surface area contributed by atoms with Crippen LogP contribution in [0.1, 0.15) is 26.7 Å². The molecule has 2 amide bonds. The Balaban J connectivity index is 1.90. The maximum Gasteiger partial charge on any atom is 0.409 e. The molecule has 2 aliphatic rings. The van der Waals surface area contributed by atoms with Crippen molar-refractivity contribution in [3.63, 3.8) is 0 Å². The summed E-state index contributed by atoms with van der Waals surface area (Å²) in [5.74, 6) is 0.455. The van der Waals surface area contributed by atoms with E-state index in [4.69, 9.17) is 4.74 Å². The third kappa shape index (κ3) is 4.63. The first kappa shape index (κ1) is 18.1. The molecule has 2 rings (SSSR count). The van der Waals surface area contributed by atoms with E-state index < -0.39 is 0 Å². The first-order valence-electron chi connectivity index (χ1n) is 8.62. The van der Waals surface area contributed by atoms with Crippen molar-refractivity contribution in [1.82, 2.24) is 14.7 Å². The number of carbonyl (C=O) groups is 2. The van der Waals surface area contributed by atoms with Gasteiger partial charge in [-0.2, -0.15) is 5.26 Å². The molecular formula is C17H26N4O3. The van der Waals surface area contributed by atoms with Gasteiger partial charge in [-0.15, -0.1) is 0 Å². The number of hydrogen-bond acceptors (Lipinski definition) is 5. The van der Waals surface area contributed by atoms with E-state index in [1.807, 2.05) is 11.0 Å². The van der Waals surface area contributed by atoms with Gasteiger partial charge in [0.1, 0.15) is 11.6 Å². The molecule has 0 atom stereocenters. The number of amides is 2. The molecule has 0 spiro atoms. The van der Waals surface area contributed by atoms with Gasteiger partial charge in [0.25, 0.3) is 5.91 Å². The van der Waals surface area contributed by atoms with Crippen LogP contribution < -0.4 is 0 Å². The van der Waals surface area contributed by atoms with Gasteiger partial charge in [0.05, 0.1) is 6.61 Å². The molecule has 7 nitrogen and oxygen atoms in total. The molecule has 0 unspecified atom stereocenters. The Morgan fingerprint density at radius 1 is 1.12 bits per heavy atom. The summed E-state index contributed by atoms with van der Waals surface area (Å²) in [6.45, 7) is 8.01. The van der Waals surface area contributed by atoms with Crippen molar-refractivity contribution in [1.29, 1.82) is 5.26 Å². The van der Waals surface area contributed by atoms with Crippen molar-refractivity contribution in [3.05, 3.63) is 11.8 Å². The molecule has 0 N–H and O–H groups in total. The largest absolute Gasteiger partial charge is 0.450 e. The predicted molar refractivity (Wildman–Crippen MR) is 88.8 cm³/mol. The van der Waals surface area contributed by atoms with Crippen LogP contribution in [0.25, 0.3) is 0 Å². The smallest absolute Gasteiger partial charge is 0.409 e. The number of likely N-dealkylation sites (tertiary alicyclic amines) is 1. The van der Waals surface area contributed by atoms with Crippen molar-refractivity contribution in [2.45, 2.75) is 26.7 Å². The van der Waals surface area contributed by atoms with Gasteiger partial charge in [-0.25, -0.2) is 4.79 Å². The maximum atomic E-state index is 12.5. The van der Waals surface area contributed by atoms with Crippen molar-refractivity contribution in [3.8, 4) is 6.07 Å². The summed E-state index contributed by atoms with van der Waals surface area (Å²) in [6.07, 6.45) is 3.31. The van der Waals surface area contributed by atoms with E-state index in [0.29, 0.717) is 38.7 Å². The quantitative estimate of drug-likeness (QED) is 0.576. The fourth-order valence-electron chi connectivity index (χ4n) is 2.94. The van der Waals surface area contributed by atoms with Crippen LogP contribution in [-0.2, 0) is 9.53 Å². The summed E-state index contributed by atoms with van der Waals surface area (Å²) in [5.41, 5.74) is 0.175. The molecule has 0 radical (unpaired) electrons. The standard InChI is InChI=1S/C17H26N4O3/c1-3-24-17(23)21-10-8-19(9-11-21)13-15(12-18)16(22)20-6-4-14(2)5-7-20/h13-14H,3-11H2,1-2H3/b15-13-. The molecule has 0 aromatic rings. The van der Waals surface area contributed by atoms with Crippen LogP contribution in [0.2, 0.25) is 0 Å². The molecule has 2 aliphatic heterocycles. The highest BCUT2D eigenvalue weighted by Crippen LogP contribution is 2.18. The average molecular weight is 334 g/mol. The zero-order valence-electron chi connectivity index (χ0n) is 14.5. The molecule has 0 aliphatic carbocycles. The van der Waals surface area contributed by atoms with Crippen LogP contribution in [-0.4, -0.2) is 72.6 Å². The van der Waals surface area contributed by atoms with Gasteiger partial charge in [-0.1, -0.05) is 6.92 Å². The van der Waals surface area contributed by atoms with Crippen molar-refractivity contribution >= 4 is 12.0 Å². The zero-order valence-corrected chi connectivity index (χ0v) is 14.5. The molecule has 7 heteroatoms.